The molecule has 0 atom stereocenters. The molecular formula is C27H24F2N4O2. The Hall–Kier alpha value is -3.75. The van der Waals surface area contributed by atoms with Gasteiger partial charge in [-0.3, -0.25) is 14.6 Å². The van der Waals surface area contributed by atoms with Crippen molar-refractivity contribution in [3.8, 4) is 0 Å². The van der Waals surface area contributed by atoms with Gasteiger partial charge in [0.2, 0.25) is 17.5 Å². The van der Waals surface area contributed by atoms with Crippen molar-refractivity contribution in [2.75, 3.05) is 26.2 Å². The summed E-state index contributed by atoms with van der Waals surface area (Å²) >= 11 is 0. The SMILES string of the molecule is O=C(c1ccccc1)c1noc(CN2CCN(C(c3ccc(F)cc3)c3ccc(F)cc3)CC2)n1. The summed E-state index contributed by atoms with van der Waals surface area (Å²) < 4.78 is 32.4. The minimum atomic E-state index is -0.291. The average molecular weight is 475 g/mol. The zero-order valence-electron chi connectivity index (χ0n) is 19.0. The van der Waals surface area contributed by atoms with E-state index in [2.05, 4.69) is 19.9 Å². The maximum atomic E-state index is 13.5. The molecule has 0 bridgehead atoms. The van der Waals surface area contributed by atoms with Gasteiger partial charge in [0.1, 0.15) is 11.6 Å². The lowest BCUT2D eigenvalue weighted by molar-refractivity contribution is 0.0966. The highest BCUT2D eigenvalue weighted by atomic mass is 19.1. The van der Waals surface area contributed by atoms with Crippen molar-refractivity contribution < 1.29 is 18.1 Å². The number of hydrogen-bond acceptors (Lipinski definition) is 6. The Kier molecular flexibility index (Phi) is 6.74. The molecule has 0 aliphatic carbocycles. The average Bonchev–Trinajstić information content (AvgIpc) is 3.36. The van der Waals surface area contributed by atoms with Gasteiger partial charge >= 0.3 is 0 Å². The van der Waals surface area contributed by atoms with Crippen molar-refractivity contribution in [1.82, 2.24) is 19.9 Å². The molecule has 1 aromatic heterocycles. The third kappa shape index (κ3) is 5.34. The molecule has 0 saturated carbocycles. The van der Waals surface area contributed by atoms with Gasteiger partial charge in [0.05, 0.1) is 12.6 Å². The van der Waals surface area contributed by atoms with Gasteiger partial charge in [-0.25, -0.2) is 8.78 Å². The van der Waals surface area contributed by atoms with Crippen molar-refractivity contribution >= 4 is 5.78 Å². The molecule has 35 heavy (non-hydrogen) atoms. The molecule has 5 rings (SSSR count). The van der Waals surface area contributed by atoms with E-state index in [9.17, 15) is 13.6 Å². The van der Waals surface area contributed by atoms with Crippen molar-refractivity contribution in [1.29, 1.82) is 0 Å². The van der Waals surface area contributed by atoms with Gasteiger partial charge in [0.15, 0.2) is 0 Å². The van der Waals surface area contributed by atoms with Crippen LogP contribution in [0.15, 0.2) is 83.4 Å². The number of carbonyl (C=O) groups excluding carboxylic acids is 1. The van der Waals surface area contributed by atoms with Gasteiger partial charge in [0, 0.05) is 31.7 Å². The second-order valence-corrected chi connectivity index (χ2v) is 8.52. The van der Waals surface area contributed by atoms with E-state index < -0.39 is 0 Å². The van der Waals surface area contributed by atoms with Gasteiger partial charge in [0.25, 0.3) is 0 Å². The van der Waals surface area contributed by atoms with Crippen LogP contribution in [0.5, 0.6) is 0 Å². The first-order chi connectivity index (χ1) is 17.1. The maximum absolute atomic E-state index is 13.5. The Labute approximate surface area is 201 Å². The number of piperazine rings is 1. The molecule has 0 radical (unpaired) electrons. The molecule has 1 aliphatic heterocycles. The Balaban J connectivity index is 1.25. The lowest BCUT2D eigenvalue weighted by Crippen LogP contribution is -2.47. The molecular weight excluding hydrogens is 450 g/mol. The van der Waals surface area contributed by atoms with Crippen LogP contribution < -0.4 is 0 Å². The van der Waals surface area contributed by atoms with Crippen LogP contribution in [0.3, 0.4) is 0 Å². The quantitative estimate of drug-likeness (QED) is 0.368. The summed E-state index contributed by atoms with van der Waals surface area (Å²) in [6.07, 6.45) is 0. The number of rotatable bonds is 7. The lowest BCUT2D eigenvalue weighted by atomic mass is 9.96. The van der Waals surface area contributed by atoms with Crippen LogP contribution in [0.4, 0.5) is 8.78 Å². The Bertz CT molecular complexity index is 1220. The van der Waals surface area contributed by atoms with Crippen LogP contribution in [0.25, 0.3) is 0 Å². The third-order valence-electron chi connectivity index (χ3n) is 6.21. The van der Waals surface area contributed by atoms with Crippen LogP contribution in [0.1, 0.15) is 39.2 Å². The van der Waals surface area contributed by atoms with Gasteiger partial charge in [-0.05, 0) is 35.4 Å². The summed E-state index contributed by atoms with van der Waals surface area (Å²) in [5, 5.41) is 3.86. The van der Waals surface area contributed by atoms with Crippen LogP contribution >= 0.6 is 0 Å². The molecule has 4 aromatic rings. The smallest absolute Gasteiger partial charge is 0.243 e. The topological polar surface area (TPSA) is 62.5 Å². The third-order valence-corrected chi connectivity index (χ3v) is 6.21. The minimum Gasteiger partial charge on any atom is -0.337 e. The van der Waals surface area contributed by atoms with E-state index in [0.29, 0.717) is 18.0 Å². The van der Waals surface area contributed by atoms with E-state index in [-0.39, 0.29) is 29.3 Å². The van der Waals surface area contributed by atoms with Gasteiger partial charge in [-0.1, -0.05) is 59.8 Å². The number of ketones is 1. The molecule has 1 saturated heterocycles. The van der Waals surface area contributed by atoms with E-state index in [1.54, 1.807) is 48.5 Å². The Morgan fingerprint density at radius 1 is 0.829 bits per heavy atom. The number of hydrogen-bond donors (Lipinski definition) is 0. The van der Waals surface area contributed by atoms with Crippen LogP contribution in [-0.4, -0.2) is 51.9 Å². The fraction of sp³-hybridized carbons (Fsp3) is 0.222. The second-order valence-electron chi connectivity index (χ2n) is 8.52. The monoisotopic (exact) mass is 474 g/mol. The van der Waals surface area contributed by atoms with Crippen LogP contribution in [-0.2, 0) is 6.54 Å². The van der Waals surface area contributed by atoms with Gasteiger partial charge in [-0.2, -0.15) is 4.98 Å². The summed E-state index contributed by atoms with van der Waals surface area (Å²) in [6.45, 7) is 3.40. The first-order valence-corrected chi connectivity index (χ1v) is 11.5. The molecule has 3 aromatic carbocycles. The lowest BCUT2D eigenvalue weighted by Gasteiger charge is -2.39. The van der Waals surface area contributed by atoms with E-state index >= 15 is 0 Å². The first kappa shape index (κ1) is 23.0. The molecule has 8 heteroatoms. The summed E-state index contributed by atoms with van der Waals surface area (Å²) in [5.41, 5.74) is 2.42. The normalized spacial score (nSPS) is 14.9. The van der Waals surface area contributed by atoms with E-state index in [0.717, 1.165) is 37.3 Å². The highest BCUT2D eigenvalue weighted by molar-refractivity contribution is 6.06. The van der Waals surface area contributed by atoms with Crippen molar-refractivity contribution in [3.63, 3.8) is 0 Å². The Morgan fingerprint density at radius 2 is 1.40 bits per heavy atom. The molecule has 2 heterocycles. The Morgan fingerprint density at radius 3 is 1.97 bits per heavy atom. The zero-order valence-corrected chi connectivity index (χ0v) is 19.0. The molecule has 1 fully saturated rings. The molecule has 0 N–H and O–H groups in total. The van der Waals surface area contributed by atoms with Crippen LogP contribution in [0.2, 0.25) is 0 Å². The number of halogens is 2. The van der Waals surface area contributed by atoms with Crippen molar-refractivity contribution in [2.24, 2.45) is 0 Å². The molecule has 6 nitrogen and oxygen atoms in total. The molecule has 0 amide bonds. The van der Waals surface area contributed by atoms with E-state index in [1.807, 2.05) is 6.07 Å². The molecule has 0 spiro atoms. The predicted molar refractivity (Wildman–Crippen MR) is 126 cm³/mol. The fourth-order valence-corrected chi connectivity index (χ4v) is 4.41. The number of carbonyl (C=O) groups is 1. The molecule has 0 unspecified atom stereocenters. The molecule has 1 aliphatic rings. The highest BCUT2D eigenvalue weighted by Gasteiger charge is 2.27. The maximum Gasteiger partial charge on any atom is 0.243 e. The van der Waals surface area contributed by atoms with Crippen LogP contribution in [0, 0.1) is 11.6 Å². The highest BCUT2D eigenvalue weighted by Crippen LogP contribution is 2.30. The van der Waals surface area contributed by atoms with Gasteiger partial charge < -0.3 is 4.52 Å². The standard InChI is InChI=1S/C27H24F2N4O2/c28-22-10-6-19(7-11-22)25(20-8-12-23(29)13-9-20)33-16-14-32(15-17-33)18-24-30-27(31-35-24)26(34)21-4-2-1-3-5-21/h1-13,25H,14-18H2. The largest absolute Gasteiger partial charge is 0.337 e. The van der Waals surface area contributed by atoms with Gasteiger partial charge in [-0.15, -0.1) is 0 Å². The first-order valence-electron chi connectivity index (χ1n) is 11.5. The summed E-state index contributed by atoms with van der Waals surface area (Å²) in [6, 6.07) is 21.7. The predicted octanol–water partition coefficient (Wildman–Crippen LogP) is 4.49. The van der Waals surface area contributed by atoms with E-state index in [1.165, 1.54) is 24.3 Å². The zero-order chi connectivity index (χ0) is 24.2. The fourth-order valence-electron chi connectivity index (χ4n) is 4.41. The van der Waals surface area contributed by atoms with Crippen molar-refractivity contribution in [3.05, 3.63) is 119 Å². The number of nitrogens with zero attached hydrogens (tertiary/aromatic N) is 4. The van der Waals surface area contributed by atoms with E-state index in [4.69, 9.17) is 4.52 Å². The second kappa shape index (κ2) is 10.2. The minimum absolute atomic E-state index is 0.0533. The summed E-state index contributed by atoms with van der Waals surface area (Å²) in [7, 11) is 0. The number of benzene rings is 3. The molecule has 178 valence electrons. The van der Waals surface area contributed by atoms with Crippen molar-refractivity contribution in [2.45, 2.75) is 12.6 Å². The summed E-state index contributed by atoms with van der Waals surface area (Å²) in [4.78, 5) is 21.3. The number of aromatic nitrogens is 2. The summed E-state index contributed by atoms with van der Waals surface area (Å²) in [5.74, 6) is -0.405.